The highest BCUT2D eigenvalue weighted by atomic mass is 32.1. The van der Waals surface area contributed by atoms with Gasteiger partial charge in [0.2, 0.25) is 11.0 Å². The largest absolute Gasteiger partial charge is 0.466 e. The van der Waals surface area contributed by atoms with E-state index in [2.05, 4.69) is 9.36 Å². The van der Waals surface area contributed by atoms with Crippen LogP contribution >= 0.6 is 11.5 Å². The second-order valence-electron chi connectivity index (χ2n) is 7.06. The number of piperidine rings is 1. The van der Waals surface area contributed by atoms with Gasteiger partial charge in [0.25, 0.3) is 0 Å². The molecule has 0 saturated carbocycles. The molecule has 0 atom stereocenters. The SMILES string of the molecule is CCOC(=O)C1CCN(C(=O)CN(C)c2nc(Cc3ccc(F)cc3)ns2)CC1. The summed E-state index contributed by atoms with van der Waals surface area (Å²) in [5, 5.41) is 0.664. The number of likely N-dealkylation sites (N-methyl/N-ethyl adjacent to an activating group) is 1. The van der Waals surface area contributed by atoms with E-state index in [4.69, 9.17) is 4.74 Å². The molecule has 2 aromatic rings. The molecule has 0 radical (unpaired) electrons. The summed E-state index contributed by atoms with van der Waals surface area (Å²) in [6.07, 6.45) is 1.78. The molecule has 1 amide bonds. The lowest BCUT2D eigenvalue weighted by molar-refractivity contribution is -0.151. The Bertz CT molecular complexity index is 835. The molecule has 0 spiro atoms. The minimum atomic E-state index is -0.273. The first kappa shape index (κ1) is 21.2. The molecule has 29 heavy (non-hydrogen) atoms. The summed E-state index contributed by atoms with van der Waals surface area (Å²) in [4.78, 5) is 32.5. The number of amides is 1. The number of likely N-dealkylation sites (tertiary alicyclic amines) is 1. The van der Waals surface area contributed by atoms with Crippen LogP contribution in [0.15, 0.2) is 24.3 Å². The zero-order valence-corrected chi connectivity index (χ0v) is 17.5. The molecule has 3 rings (SSSR count). The Balaban J connectivity index is 1.49. The molecule has 1 aromatic heterocycles. The van der Waals surface area contributed by atoms with Crippen molar-refractivity contribution >= 4 is 28.5 Å². The Morgan fingerprint density at radius 1 is 1.28 bits per heavy atom. The number of nitrogens with zero attached hydrogens (tertiary/aromatic N) is 4. The van der Waals surface area contributed by atoms with Gasteiger partial charge in [0.15, 0.2) is 0 Å². The van der Waals surface area contributed by atoms with E-state index in [0.29, 0.717) is 49.9 Å². The molecule has 0 unspecified atom stereocenters. The average Bonchev–Trinajstić information content (AvgIpc) is 3.18. The first-order valence-electron chi connectivity index (χ1n) is 9.68. The summed E-state index contributed by atoms with van der Waals surface area (Å²) >= 11 is 1.24. The molecule has 9 heteroatoms. The molecule has 1 fully saturated rings. The number of halogens is 1. The van der Waals surface area contributed by atoms with Crippen LogP contribution in [0.3, 0.4) is 0 Å². The Kier molecular flexibility index (Phi) is 7.13. The predicted octanol–water partition coefficient (Wildman–Crippen LogP) is 2.51. The Labute approximate surface area is 173 Å². The lowest BCUT2D eigenvalue weighted by atomic mass is 9.97. The lowest BCUT2D eigenvalue weighted by Gasteiger charge is -2.32. The summed E-state index contributed by atoms with van der Waals surface area (Å²) in [6, 6.07) is 6.25. The van der Waals surface area contributed by atoms with Gasteiger partial charge in [-0.15, -0.1) is 0 Å². The van der Waals surface area contributed by atoms with Gasteiger partial charge in [0.05, 0.1) is 19.1 Å². The highest BCUT2D eigenvalue weighted by Gasteiger charge is 2.28. The quantitative estimate of drug-likeness (QED) is 0.641. The number of hydrogen-bond donors (Lipinski definition) is 0. The van der Waals surface area contributed by atoms with Gasteiger partial charge in [-0.25, -0.2) is 9.37 Å². The molecule has 0 bridgehead atoms. The van der Waals surface area contributed by atoms with Gasteiger partial charge in [0, 0.05) is 38.1 Å². The van der Waals surface area contributed by atoms with Crippen molar-refractivity contribution < 1.29 is 18.7 Å². The van der Waals surface area contributed by atoms with Crippen molar-refractivity contribution in [3.8, 4) is 0 Å². The second-order valence-corrected chi connectivity index (χ2v) is 7.79. The maximum atomic E-state index is 13.0. The van der Waals surface area contributed by atoms with Gasteiger partial charge in [-0.05, 0) is 37.5 Å². The van der Waals surface area contributed by atoms with Gasteiger partial charge in [-0.3, -0.25) is 9.59 Å². The van der Waals surface area contributed by atoms with Gasteiger partial charge in [-0.2, -0.15) is 4.37 Å². The monoisotopic (exact) mass is 420 g/mol. The number of benzene rings is 1. The van der Waals surface area contributed by atoms with Crippen LogP contribution in [0.1, 0.15) is 31.2 Å². The van der Waals surface area contributed by atoms with E-state index in [-0.39, 0.29) is 30.2 Å². The number of ether oxygens (including phenoxy) is 1. The van der Waals surface area contributed by atoms with Crippen molar-refractivity contribution in [2.24, 2.45) is 5.92 Å². The molecule has 1 aliphatic rings. The van der Waals surface area contributed by atoms with E-state index in [1.54, 1.807) is 28.9 Å². The van der Waals surface area contributed by atoms with Crippen LogP contribution in [0.5, 0.6) is 0 Å². The van der Waals surface area contributed by atoms with Crippen LogP contribution in [-0.2, 0) is 20.7 Å². The zero-order valence-electron chi connectivity index (χ0n) is 16.6. The van der Waals surface area contributed by atoms with Crippen molar-refractivity contribution in [1.82, 2.24) is 14.3 Å². The van der Waals surface area contributed by atoms with E-state index in [1.807, 2.05) is 7.05 Å². The highest BCUT2D eigenvalue weighted by Crippen LogP contribution is 2.21. The fourth-order valence-corrected chi connectivity index (χ4v) is 3.89. The standard InChI is InChI=1S/C20H25FN4O3S/c1-3-28-19(27)15-8-10-25(11-9-15)18(26)13-24(2)20-22-17(23-29-20)12-14-4-6-16(21)7-5-14/h4-7,15H,3,8-13H2,1-2H3. The number of anilines is 1. The molecular formula is C20H25FN4O3S. The number of aromatic nitrogens is 2. The fraction of sp³-hybridized carbons (Fsp3) is 0.500. The van der Waals surface area contributed by atoms with Crippen molar-refractivity contribution in [2.75, 3.05) is 38.2 Å². The third kappa shape index (κ3) is 5.72. The van der Waals surface area contributed by atoms with Gasteiger partial charge in [0.1, 0.15) is 11.6 Å². The molecule has 1 aromatic carbocycles. The van der Waals surface area contributed by atoms with Crippen molar-refractivity contribution in [3.63, 3.8) is 0 Å². The molecule has 2 heterocycles. The Morgan fingerprint density at radius 2 is 1.97 bits per heavy atom. The normalized spacial score (nSPS) is 14.7. The van der Waals surface area contributed by atoms with E-state index >= 15 is 0 Å². The number of carbonyl (C=O) groups excluding carboxylic acids is 2. The van der Waals surface area contributed by atoms with E-state index in [0.717, 1.165) is 5.56 Å². The molecule has 0 N–H and O–H groups in total. The van der Waals surface area contributed by atoms with Crippen LogP contribution in [0.4, 0.5) is 9.52 Å². The minimum absolute atomic E-state index is 0.00472. The summed E-state index contributed by atoms with van der Waals surface area (Å²) in [7, 11) is 1.81. The highest BCUT2D eigenvalue weighted by molar-refractivity contribution is 7.09. The second kappa shape index (κ2) is 9.78. The maximum absolute atomic E-state index is 13.0. The van der Waals surface area contributed by atoms with Crippen LogP contribution in [-0.4, -0.2) is 59.4 Å². The fourth-order valence-electron chi connectivity index (χ4n) is 3.25. The summed E-state index contributed by atoms with van der Waals surface area (Å²) in [6.45, 7) is 3.50. The third-order valence-electron chi connectivity index (χ3n) is 4.90. The topological polar surface area (TPSA) is 75.6 Å². The number of carbonyl (C=O) groups is 2. The molecule has 156 valence electrons. The van der Waals surface area contributed by atoms with Crippen LogP contribution in [0.25, 0.3) is 0 Å². The van der Waals surface area contributed by atoms with E-state index in [9.17, 15) is 14.0 Å². The van der Waals surface area contributed by atoms with Crippen LogP contribution in [0, 0.1) is 11.7 Å². The van der Waals surface area contributed by atoms with Crippen molar-refractivity contribution in [3.05, 3.63) is 41.5 Å². The molecule has 1 saturated heterocycles. The number of hydrogen-bond acceptors (Lipinski definition) is 7. The predicted molar refractivity (Wildman–Crippen MR) is 108 cm³/mol. The number of rotatable bonds is 7. The summed E-state index contributed by atoms with van der Waals surface area (Å²) in [5.41, 5.74) is 0.930. The van der Waals surface area contributed by atoms with Crippen LogP contribution in [0.2, 0.25) is 0 Å². The number of esters is 1. The van der Waals surface area contributed by atoms with Gasteiger partial charge in [-0.1, -0.05) is 12.1 Å². The first-order chi connectivity index (χ1) is 14.0. The molecule has 1 aliphatic heterocycles. The van der Waals surface area contributed by atoms with Crippen molar-refractivity contribution in [1.29, 1.82) is 0 Å². The van der Waals surface area contributed by atoms with Crippen LogP contribution < -0.4 is 4.90 Å². The lowest BCUT2D eigenvalue weighted by Crippen LogP contribution is -2.44. The molecule has 7 nitrogen and oxygen atoms in total. The van der Waals surface area contributed by atoms with Gasteiger partial charge >= 0.3 is 5.97 Å². The van der Waals surface area contributed by atoms with Gasteiger partial charge < -0.3 is 14.5 Å². The smallest absolute Gasteiger partial charge is 0.309 e. The maximum Gasteiger partial charge on any atom is 0.309 e. The Hall–Kier alpha value is -2.55. The molecule has 0 aliphatic carbocycles. The zero-order chi connectivity index (χ0) is 20.8. The van der Waals surface area contributed by atoms with Crippen molar-refractivity contribution in [2.45, 2.75) is 26.2 Å². The molecular weight excluding hydrogens is 395 g/mol. The summed E-state index contributed by atoms with van der Waals surface area (Å²) in [5.74, 6) is 0.0923. The van der Waals surface area contributed by atoms with E-state index in [1.165, 1.54) is 23.7 Å². The Morgan fingerprint density at radius 3 is 2.62 bits per heavy atom. The average molecular weight is 421 g/mol. The third-order valence-corrected chi connectivity index (χ3v) is 5.77. The van der Waals surface area contributed by atoms with E-state index < -0.39 is 0 Å². The minimum Gasteiger partial charge on any atom is -0.466 e. The first-order valence-corrected chi connectivity index (χ1v) is 10.5. The summed E-state index contributed by atoms with van der Waals surface area (Å²) < 4.78 is 22.4.